The van der Waals surface area contributed by atoms with Crippen LogP contribution >= 0.6 is 0 Å². The summed E-state index contributed by atoms with van der Waals surface area (Å²) in [6, 6.07) is 2.96. The van der Waals surface area contributed by atoms with E-state index in [1.54, 1.807) is 6.92 Å². The van der Waals surface area contributed by atoms with Crippen LogP contribution in [0.2, 0.25) is 0 Å². The molecule has 1 aromatic carbocycles. The van der Waals surface area contributed by atoms with Crippen LogP contribution in [0.1, 0.15) is 38.9 Å². The molecule has 0 fully saturated rings. The fraction of sp³-hybridized carbons (Fsp3) is 0.533. The fourth-order valence-corrected chi connectivity index (χ4v) is 2.28. The van der Waals surface area contributed by atoms with E-state index in [1.165, 1.54) is 6.07 Å². The first-order valence-electron chi connectivity index (χ1n) is 6.83. The van der Waals surface area contributed by atoms with Crippen molar-refractivity contribution in [1.82, 2.24) is 5.32 Å². The highest BCUT2D eigenvalue weighted by Gasteiger charge is 2.32. The van der Waals surface area contributed by atoms with Gasteiger partial charge >= 0.3 is 0 Å². The zero-order chi connectivity index (χ0) is 16.2. The van der Waals surface area contributed by atoms with E-state index >= 15 is 0 Å². The van der Waals surface area contributed by atoms with E-state index in [2.05, 4.69) is 5.32 Å². The van der Waals surface area contributed by atoms with Gasteiger partial charge in [0.2, 0.25) is 5.91 Å². The van der Waals surface area contributed by atoms with Gasteiger partial charge in [-0.15, -0.1) is 0 Å². The summed E-state index contributed by atoms with van der Waals surface area (Å²) in [5.41, 5.74) is 4.37. The van der Waals surface area contributed by atoms with Crippen LogP contribution in [0.4, 0.5) is 8.78 Å². The van der Waals surface area contributed by atoms with Crippen molar-refractivity contribution in [2.24, 2.45) is 11.7 Å². The number of nitrogens with two attached hydrogens (primary N) is 1. The van der Waals surface area contributed by atoms with Gasteiger partial charge in [0.1, 0.15) is 11.6 Å². The van der Waals surface area contributed by atoms with Gasteiger partial charge in [-0.1, -0.05) is 19.9 Å². The van der Waals surface area contributed by atoms with Gasteiger partial charge < -0.3 is 16.2 Å². The lowest BCUT2D eigenvalue weighted by Crippen LogP contribution is -2.54. The van der Waals surface area contributed by atoms with E-state index in [0.29, 0.717) is 12.5 Å². The van der Waals surface area contributed by atoms with E-state index in [-0.39, 0.29) is 18.0 Å². The number of halogens is 2. The number of carbonyl (C=O) groups is 1. The maximum atomic E-state index is 13.6. The zero-order valence-corrected chi connectivity index (χ0v) is 12.5. The SMILES string of the molecule is CC(C)CC(C)(NCC(O)c1ccc(F)cc1F)C(N)=O. The summed E-state index contributed by atoms with van der Waals surface area (Å²) >= 11 is 0. The Labute approximate surface area is 123 Å². The van der Waals surface area contributed by atoms with Crippen molar-refractivity contribution in [2.75, 3.05) is 6.54 Å². The molecule has 2 atom stereocenters. The number of nitrogens with one attached hydrogen (secondary N) is 1. The Balaban J connectivity index is 2.78. The molecule has 6 heteroatoms. The predicted molar refractivity (Wildman–Crippen MR) is 76.4 cm³/mol. The van der Waals surface area contributed by atoms with Gasteiger partial charge in [0.15, 0.2) is 0 Å². The molecule has 0 heterocycles. The number of hydrogen-bond acceptors (Lipinski definition) is 3. The van der Waals surface area contributed by atoms with E-state index in [9.17, 15) is 18.7 Å². The first kappa shape index (κ1) is 17.5. The van der Waals surface area contributed by atoms with Gasteiger partial charge in [0.25, 0.3) is 0 Å². The number of amides is 1. The molecule has 0 saturated heterocycles. The maximum Gasteiger partial charge on any atom is 0.237 e. The molecule has 1 aromatic rings. The molecule has 0 spiro atoms. The van der Waals surface area contributed by atoms with Gasteiger partial charge in [0, 0.05) is 18.2 Å². The third-order valence-corrected chi connectivity index (χ3v) is 3.37. The predicted octanol–water partition coefficient (Wildman–Crippen LogP) is 1.88. The molecule has 1 rings (SSSR count). The molecule has 0 aliphatic heterocycles. The molecule has 4 nitrogen and oxygen atoms in total. The summed E-state index contributed by atoms with van der Waals surface area (Å²) in [7, 11) is 0. The standard InChI is InChI=1S/C15H22F2N2O2/c1-9(2)7-15(3,14(18)21)19-8-13(20)11-5-4-10(16)6-12(11)17/h4-6,9,13,19-20H,7-8H2,1-3H3,(H2,18,21). The third kappa shape index (κ3) is 4.75. The number of aliphatic hydroxyl groups is 1. The highest BCUT2D eigenvalue weighted by atomic mass is 19.1. The maximum absolute atomic E-state index is 13.6. The molecular weight excluding hydrogens is 278 g/mol. The number of β-amino-alcohol motifs (C(OH)–C–C–N with tert-alkyl or cyclic N) is 1. The third-order valence-electron chi connectivity index (χ3n) is 3.37. The summed E-state index contributed by atoms with van der Waals surface area (Å²) in [5, 5.41) is 12.9. The van der Waals surface area contributed by atoms with Gasteiger partial charge in [-0.3, -0.25) is 4.79 Å². The fourth-order valence-electron chi connectivity index (χ4n) is 2.28. The van der Waals surface area contributed by atoms with Crippen LogP contribution in [0.15, 0.2) is 18.2 Å². The minimum atomic E-state index is -1.20. The van der Waals surface area contributed by atoms with Gasteiger partial charge in [0.05, 0.1) is 11.6 Å². The van der Waals surface area contributed by atoms with Crippen LogP contribution in [-0.2, 0) is 4.79 Å². The van der Waals surface area contributed by atoms with Crippen LogP contribution in [-0.4, -0.2) is 23.1 Å². The van der Waals surface area contributed by atoms with Gasteiger partial charge in [-0.25, -0.2) is 8.78 Å². The quantitative estimate of drug-likeness (QED) is 0.719. The van der Waals surface area contributed by atoms with Crippen LogP contribution in [0.25, 0.3) is 0 Å². The molecule has 0 aliphatic carbocycles. The second-order valence-corrected chi connectivity index (χ2v) is 5.86. The Bertz CT molecular complexity index is 508. The lowest BCUT2D eigenvalue weighted by molar-refractivity contribution is -0.124. The number of primary amides is 1. The van der Waals surface area contributed by atoms with Crippen LogP contribution < -0.4 is 11.1 Å². The second-order valence-electron chi connectivity index (χ2n) is 5.86. The molecule has 0 radical (unpaired) electrons. The van der Waals surface area contributed by atoms with E-state index in [0.717, 1.165) is 6.07 Å². The number of carbonyl (C=O) groups excluding carboxylic acids is 1. The van der Waals surface area contributed by atoms with Crippen molar-refractivity contribution < 1.29 is 18.7 Å². The smallest absolute Gasteiger partial charge is 0.237 e. The van der Waals surface area contributed by atoms with Crippen LogP contribution in [0, 0.1) is 17.6 Å². The molecule has 21 heavy (non-hydrogen) atoms. The summed E-state index contributed by atoms with van der Waals surface area (Å²) in [5.74, 6) is -1.86. The summed E-state index contributed by atoms with van der Waals surface area (Å²) in [6.45, 7) is 5.47. The molecule has 2 unspecified atom stereocenters. The number of hydrogen-bond donors (Lipinski definition) is 3. The molecule has 0 saturated carbocycles. The molecule has 4 N–H and O–H groups in total. The Morgan fingerprint density at radius 3 is 2.52 bits per heavy atom. The number of aliphatic hydroxyl groups excluding tert-OH is 1. The van der Waals surface area contributed by atoms with Crippen molar-refractivity contribution in [3.8, 4) is 0 Å². The highest BCUT2D eigenvalue weighted by molar-refractivity contribution is 5.84. The Kier molecular flexibility index (Phi) is 5.80. The molecule has 0 bridgehead atoms. The van der Waals surface area contributed by atoms with Crippen LogP contribution in [0.5, 0.6) is 0 Å². The summed E-state index contributed by atoms with van der Waals surface area (Å²) in [4.78, 5) is 11.6. The topological polar surface area (TPSA) is 75.3 Å². The monoisotopic (exact) mass is 300 g/mol. The largest absolute Gasteiger partial charge is 0.387 e. The lowest BCUT2D eigenvalue weighted by Gasteiger charge is -2.30. The number of rotatable bonds is 7. The van der Waals surface area contributed by atoms with E-state index in [1.807, 2.05) is 13.8 Å². The average molecular weight is 300 g/mol. The van der Waals surface area contributed by atoms with E-state index in [4.69, 9.17) is 5.73 Å². The Hall–Kier alpha value is -1.53. The van der Waals surface area contributed by atoms with Gasteiger partial charge in [-0.2, -0.15) is 0 Å². The summed E-state index contributed by atoms with van der Waals surface area (Å²) < 4.78 is 26.4. The average Bonchev–Trinajstić information content (AvgIpc) is 2.35. The molecule has 118 valence electrons. The first-order chi connectivity index (χ1) is 9.65. The summed E-state index contributed by atoms with van der Waals surface area (Å²) in [6.07, 6.45) is -0.711. The minimum absolute atomic E-state index is 0.0275. The molecule has 1 amide bonds. The van der Waals surface area contributed by atoms with Crippen molar-refractivity contribution in [1.29, 1.82) is 0 Å². The van der Waals surface area contributed by atoms with Crippen molar-refractivity contribution in [2.45, 2.75) is 38.8 Å². The molecule has 0 aromatic heterocycles. The van der Waals surface area contributed by atoms with Crippen molar-refractivity contribution >= 4 is 5.91 Å². The van der Waals surface area contributed by atoms with Crippen molar-refractivity contribution in [3.05, 3.63) is 35.4 Å². The Morgan fingerprint density at radius 2 is 2.05 bits per heavy atom. The Morgan fingerprint density at radius 1 is 1.43 bits per heavy atom. The zero-order valence-electron chi connectivity index (χ0n) is 12.5. The van der Waals surface area contributed by atoms with Crippen molar-refractivity contribution in [3.63, 3.8) is 0 Å². The molecule has 0 aliphatic rings. The van der Waals surface area contributed by atoms with Gasteiger partial charge in [-0.05, 0) is 25.3 Å². The van der Waals surface area contributed by atoms with E-state index < -0.39 is 29.2 Å². The minimum Gasteiger partial charge on any atom is -0.387 e. The number of benzene rings is 1. The normalized spacial score (nSPS) is 15.8. The second kappa shape index (κ2) is 6.95. The molecular formula is C15H22F2N2O2. The first-order valence-corrected chi connectivity index (χ1v) is 6.83. The highest BCUT2D eigenvalue weighted by Crippen LogP contribution is 2.20. The lowest BCUT2D eigenvalue weighted by atomic mass is 9.89. The van der Waals surface area contributed by atoms with Crippen LogP contribution in [0.3, 0.4) is 0 Å².